The van der Waals surface area contributed by atoms with Gasteiger partial charge in [-0.15, -0.1) is 0 Å². The molecule has 3 heteroatoms. The minimum Gasteiger partial charge on any atom is -0.478 e. The number of carboxylic acid groups (broad SMARTS) is 1. The Morgan fingerprint density at radius 2 is 2.24 bits per heavy atom. The number of fused-ring (bicyclic) bond motifs is 3. The van der Waals surface area contributed by atoms with Crippen LogP contribution in [0.2, 0.25) is 0 Å². The summed E-state index contributed by atoms with van der Waals surface area (Å²) in [5.74, 6) is -0.881. The fourth-order valence-electron chi connectivity index (χ4n) is 3.08. The van der Waals surface area contributed by atoms with Crippen LogP contribution in [-0.4, -0.2) is 16.8 Å². The molecule has 1 fully saturated rings. The highest BCUT2D eigenvalue weighted by molar-refractivity contribution is 6.06. The molecule has 3 nitrogen and oxygen atoms in total. The Labute approximate surface area is 100 Å². The van der Waals surface area contributed by atoms with Crippen LogP contribution in [0.4, 0.5) is 5.69 Å². The quantitative estimate of drug-likeness (QED) is 0.803. The number of aromatic carboxylic acids is 1. The van der Waals surface area contributed by atoms with Crippen LogP contribution in [0.3, 0.4) is 0 Å². The van der Waals surface area contributed by atoms with Gasteiger partial charge in [-0.1, -0.05) is 25.5 Å². The molecule has 17 heavy (non-hydrogen) atoms. The van der Waals surface area contributed by atoms with Gasteiger partial charge in [0.05, 0.1) is 11.3 Å². The Bertz CT molecular complexity index is 533. The van der Waals surface area contributed by atoms with Gasteiger partial charge in [0.15, 0.2) is 0 Å². The van der Waals surface area contributed by atoms with E-state index in [1.54, 1.807) is 6.07 Å². The summed E-state index contributed by atoms with van der Waals surface area (Å²) in [5.41, 5.74) is 3.29. The predicted octanol–water partition coefficient (Wildman–Crippen LogP) is 3.30. The maximum atomic E-state index is 11.2. The van der Waals surface area contributed by atoms with Crippen LogP contribution in [0.15, 0.2) is 23.2 Å². The molecule has 0 spiro atoms. The van der Waals surface area contributed by atoms with Crippen molar-refractivity contribution in [3.63, 3.8) is 0 Å². The van der Waals surface area contributed by atoms with Crippen LogP contribution in [0.5, 0.6) is 0 Å². The first kappa shape index (κ1) is 10.5. The highest BCUT2D eigenvalue weighted by Gasteiger charge is 2.41. The fourth-order valence-corrected chi connectivity index (χ4v) is 3.08. The lowest BCUT2D eigenvalue weighted by atomic mass is 9.70. The number of aliphatic imine (C=N–C) groups is 1. The first-order valence-corrected chi connectivity index (χ1v) is 6.08. The molecular weight excluding hydrogens is 214 g/mol. The van der Waals surface area contributed by atoms with Crippen LogP contribution < -0.4 is 0 Å². The standard InChI is InChI=1S/C14H15NO2/c1-14-8-3-2-7-11(14)15-12-9(13(16)17)5-4-6-10(12)14/h4-6H,2-3,7-8H2,1H3,(H,16,17). The Morgan fingerprint density at radius 3 is 3.00 bits per heavy atom. The zero-order valence-electron chi connectivity index (χ0n) is 9.86. The van der Waals surface area contributed by atoms with Crippen molar-refractivity contribution in [2.75, 3.05) is 0 Å². The maximum Gasteiger partial charge on any atom is 0.337 e. The third-order valence-electron chi connectivity index (χ3n) is 4.08. The van der Waals surface area contributed by atoms with Gasteiger partial charge in [0.1, 0.15) is 0 Å². The molecular formula is C14H15NO2. The van der Waals surface area contributed by atoms with Crippen LogP contribution >= 0.6 is 0 Å². The highest BCUT2D eigenvalue weighted by atomic mass is 16.4. The summed E-state index contributed by atoms with van der Waals surface area (Å²) in [6, 6.07) is 5.51. The first-order valence-electron chi connectivity index (χ1n) is 6.08. The average molecular weight is 229 g/mol. The number of rotatable bonds is 1. The second-order valence-electron chi connectivity index (χ2n) is 5.10. The molecule has 1 saturated carbocycles. The zero-order valence-corrected chi connectivity index (χ0v) is 9.86. The van der Waals surface area contributed by atoms with Crippen molar-refractivity contribution in [2.24, 2.45) is 4.99 Å². The third-order valence-corrected chi connectivity index (χ3v) is 4.08. The summed E-state index contributed by atoms with van der Waals surface area (Å²) in [6.45, 7) is 2.20. The summed E-state index contributed by atoms with van der Waals surface area (Å²) >= 11 is 0. The summed E-state index contributed by atoms with van der Waals surface area (Å²) in [6.07, 6.45) is 4.46. The van der Waals surface area contributed by atoms with E-state index in [1.165, 1.54) is 18.6 Å². The van der Waals surface area contributed by atoms with Crippen molar-refractivity contribution in [3.05, 3.63) is 29.3 Å². The molecule has 2 aliphatic rings. The molecule has 0 saturated heterocycles. The van der Waals surface area contributed by atoms with Gasteiger partial charge in [0, 0.05) is 11.1 Å². The van der Waals surface area contributed by atoms with Crippen LogP contribution in [-0.2, 0) is 5.41 Å². The van der Waals surface area contributed by atoms with E-state index in [-0.39, 0.29) is 5.41 Å². The van der Waals surface area contributed by atoms with E-state index >= 15 is 0 Å². The Morgan fingerprint density at radius 1 is 1.41 bits per heavy atom. The second-order valence-corrected chi connectivity index (χ2v) is 5.10. The van der Waals surface area contributed by atoms with Gasteiger partial charge in [0.2, 0.25) is 0 Å². The van der Waals surface area contributed by atoms with Gasteiger partial charge < -0.3 is 5.11 Å². The van der Waals surface area contributed by atoms with E-state index in [9.17, 15) is 9.90 Å². The summed E-state index contributed by atoms with van der Waals surface area (Å²) < 4.78 is 0. The molecule has 0 amide bonds. The van der Waals surface area contributed by atoms with E-state index in [1.807, 2.05) is 12.1 Å². The zero-order chi connectivity index (χ0) is 12.0. The summed E-state index contributed by atoms with van der Waals surface area (Å²) in [4.78, 5) is 15.8. The van der Waals surface area contributed by atoms with Crippen LogP contribution in [0.25, 0.3) is 0 Å². The molecule has 1 aromatic rings. The summed E-state index contributed by atoms with van der Waals surface area (Å²) in [7, 11) is 0. The first-order chi connectivity index (χ1) is 8.13. The molecule has 1 aromatic carbocycles. The van der Waals surface area contributed by atoms with Crippen molar-refractivity contribution >= 4 is 17.4 Å². The minimum atomic E-state index is -0.881. The fraction of sp³-hybridized carbons (Fsp3) is 0.429. The molecule has 1 heterocycles. The molecule has 1 atom stereocenters. The van der Waals surface area contributed by atoms with Gasteiger partial charge in [-0.25, -0.2) is 4.79 Å². The van der Waals surface area contributed by atoms with Crippen LogP contribution in [0.1, 0.15) is 48.5 Å². The molecule has 88 valence electrons. The summed E-state index contributed by atoms with van der Waals surface area (Å²) in [5, 5.41) is 9.20. The molecule has 0 bridgehead atoms. The van der Waals surface area contributed by atoms with E-state index in [0.29, 0.717) is 11.3 Å². The monoisotopic (exact) mass is 229 g/mol. The average Bonchev–Trinajstić information content (AvgIpc) is 2.61. The maximum absolute atomic E-state index is 11.2. The molecule has 1 unspecified atom stereocenters. The van der Waals surface area contributed by atoms with Gasteiger partial charge in [-0.2, -0.15) is 0 Å². The van der Waals surface area contributed by atoms with E-state index in [2.05, 4.69) is 11.9 Å². The molecule has 1 N–H and O–H groups in total. The van der Waals surface area contributed by atoms with Gasteiger partial charge in [0.25, 0.3) is 0 Å². The lowest BCUT2D eigenvalue weighted by Gasteiger charge is -2.31. The van der Waals surface area contributed by atoms with Gasteiger partial charge in [-0.05, 0) is 30.9 Å². The number of hydrogen-bond acceptors (Lipinski definition) is 2. The Kier molecular flexibility index (Phi) is 2.12. The van der Waals surface area contributed by atoms with E-state index in [0.717, 1.165) is 18.4 Å². The van der Waals surface area contributed by atoms with Crippen molar-refractivity contribution in [1.82, 2.24) is 0 Å². The molecule has 0 radical (unpaired) electrons. The number of benzene rings is 1. The van der Waals surface area contributed by atoms with Crippen LogP contribution in [0, 0.1) is 0 Å². The van der Waals surface area contributed by atoms with Gasteiger partial charge in [-0.3, -0.25) is 4.99 Å². The van der Waals surface area contributed by atoms with Crippen molar-refractivity contribution < 1.29 is 9.90 Å². The number of carbonyl (C=O) groups is 1. The largest absolute Gasteiger partial charge is 0.478 e. The number of nitrogens with zero attached hydrogens (tertiary/aromatic N) is 1. The number of para-hydroxylation sites is 1. The molecule has 3 rings (SSSR count). The third kappa shape index (κ3) is 1.35. The topological polar surface area (TPSA) is 49.7 Å². The normalized spacial score (nSPS) is 26.1. The van der Waals surface area contributed by atoms with Crippen molar-refractivity contribution in [3.8, 4) is 0 Å². The molecule has 1 aliphatic carbocycles. The van der Waals surface area contributed by atoms with Gasteiger partial charge >= 0.3 is 5.97 Å². The SMILES string of the molecule is CC12CCCCC1=Nc1c(C(=O)O)cccc12. The van der Waals surface area contributed by atoms with Crippen molar-refractivity contribution in [2.45, 2.75) is 38.0 Å². The number of hydrogen-bond donors (Lipinski definition) is 1. The Hall–Kier alpha value is -1.64. The Balaban J connectivity index is 2.22. The van der Waals surface area contributed by atoms with E-state index in [4.69, 9.17) is 0 Å². The van der Waals surface area contributed by atoms with E-state index < -0.39 is 5.97 Å². The number of carboxylic acids is 1. The minimum absolute atomic E-state index is 0.0148. The second kappa shape index (κ2) is 3.42. The molecule has 0 aromatic heterocycles. The lowest BCUT2D eigenvalue weighted by Crippen LogP contribution is -2.32. The highest BCUT2D eigenvalue weighted by Crippen LogP contribution is 2.48. The smallest absolute Gasteiger partial charge is 0.337 e. The van der Waals surface area contributed by atoms with Crippen molar-refractivity contribution in [1.29, 1.82) is 0 Å². The lowest BCUT2D eigenvalue weighted by molar-refractivity contribution is 0.0698. The predicted molar refractivity (Wildman–Crippen MR) is 66.3 cm³/mol. The molecule has 1 aliphatic heterocycles.